The van der Waals surface area contributed by atoms with Crippen molar-refractivity contribution in [2.75, 3.05) is 0 Å². The van der Waals surface area contributed by atoms with Gasteiger partial charge < -0.3 is 0 Å². The van der Waals surface area contributed by atoms with Crippen LogP contribution in [0.2, 0.25) is 0 Å². The molecule has 126 valence electrons. The first kappa shape index (κ1) is 16.2. The molecule has 4 rings (SSSR count). The maximum absolute atomic E-state index is 14.0. The first-order valence-electron chi connectivity index (χ1n) is 8.19. The molecule has 1 heterocycles. The van der Waals surface area contributed by atoms with Gasteiger partial charge in [0.15, 0.2) is 0 Å². The van der Waals surface area contributed by atoms with Crippen LogP contribution in [0.3, 0.4) is 0 Å². The molecule has 1 aliphatic carbocycles. The van der Waals surface area contributed by atoms with Gasteiger partial charge in [0.1, 0.15) is 11.6 Å². The summed E-state index contributed by atoms with van der Waals surface area (Å²) in [7, 11) is 0. The van der Waals surface area contributed by atoms with Crippen LogP contribution in [-0.4, -0.2) is 9.55 Å². The second-order valence-corrected chi connectivity index (χ2v) is 7.24. The predicted octanol–water partition coefficient (Wildman–Crippen LogP) is 4.99. The van der Waals surface area contributed by atoms with Gasteiger partial charge in [-0.15, -0.1) is 0 Å². The first-order valence-corrected chi connectivity index (χ1v) is 8.99. The van der Waals surface area contributed by atoms with Gasteiger partial charge in [0.2, 0.25) is 0 Å². The standard InChI is InChI=1S/C20H16BrFN2O/c1-12-10-19(25)24(16-7-4-14(5-8-16)13-2-3-13)20(23-12)15-6-9-17(21)18(22)11-15/h4-11,13H,2-3H2,1H3. The van der Waals surface area contributed by atoms with E-state index in [1.165, 1.54) is 35.1 Å². The second kappa shape index (κ2) is 6.23. The number of aromatic nitrogens is 2. The average molecular weight is 399 g/mol. The molecule has 0 bridgehead atoms. The van der Waals surface area contributed by atoms with Crippen LogP contribution in [0.25, 0.3) is 17.1 Å². The molecular formula is C20H16BrFN2O. The van der Waals surface area contributed by atoms with Gasteiger partial charge in [-0.05, 0) is 77.5 Å². The Kier molecular flexibility index (Phi) is 4.04. The van der Waals surface area contributed by atoms with Crippen LogP contribution < -0.4 is 5.56 Å². The highest BCUT2D eigenvalue weighted by molar-refractivity contribution is 9.10. The molecule has 0 aliphatic heterocycles. The van der Waals surface area contributed by atoms with Crippen molar-refractivity contribution < 1.29 is 4.39 Å². The van der Waals surface area contributed by atoms with E-state index in [0.717, 1.165) is 5.69 Å². The van der Waals surface area contributed by atoms with Crippen LogP contribution in [0.5, 0.6) is 0 Å². The molecule has 0 unspecified atom stereocenters. The van der Waals surface area contributed by atoms with Crippen molar-refractivity contribution in [2.24, 2.45) is 0 Å². The Morgan fingerprint density at radius 1 is 1.12 bits per heavy atom. The molecule has 0 amide bonds. The summed E-state index contributed by atoms with van der Waals surface area (Å²) >= 11 is 3.16. The van der Waals surface area contributed by atoms with Crippen LogP contribution >= 0.6 is 15.9 Å². The fourth-order valence-corrected chi connectivity index (χ4v) is 3.23. The molecule has 2 aromatic carbocycles. The number of benzene rings is 2. The highest BCUT2D eigenvalue weighted by Crippen LogP contribution is 2.40. The van der Waals surface area contributed by atoms with Crippen LogP contribution in [0.4, 0.5) is 4.39 Å². The summed E-state index contributed by atoms with van der Waals surface area (Å²) in [5, 5.41) is 0. The molecule has 1 fully saturated rings. The zero-order valence-electron chi connectivity index (χ0n) is 13.7. The van der Waals surface area contributed by atoms with Gasteiger partial charge in [0.05, 0.1) is 10.2 Å². The van der Waals surface area contributed by atoms with Gasteiger partial charge in [-0.25, -0.2) is 9.37 Å². The van der Waals surface area contributed by atoms with E-state index in [9.17, 15) is 9.18 Å². The Balaban J connectivity index is 1.88. The van der Waals surface area contributed by atoms with Crippen LogP contribution in [-0.2, 0) is 0 Å². The summed E-state index contributed by atoms with van der Waals surface area (Å²) in [5.41, 5.74) is 3.03. The van der Waals surface area contributed by atoms with E-state index in [2.05, 4.69) is 33.0 Å². The highest BCUT2D eigenvalue weighted by atomic mass is 79.9. The summed E-state index contributed by atoms with van der Waals surface area (Å²) in [6.45, 7) is 1.76. The van der Waals surface area contributed by atoms with Gasteiger partial charge in [0.25, 0.3) is 5.56 Å². The molecule has 0 atom stereocenters. The Labute approximate surface area is 153 Å². The van der Waals surface area contributed by atoms with Crippen molar-refractivity contribution in [2.45, 2.75) is 25.7 Å². The van der Waals surface area contributed by atoms with Crippen molar-refractivity contribution >= 4 is 15.9 Å². The third kappa shape index (κ3) is 3.16. The summed E-state index contributed by atoms with van der Waals surface area (Å²) in [4.78, 5) is 17.1. The lowest BCUT2D eigenvalue weighted by atomic mass is 10.1. The molecule has 25 heavy (non-hydrogen) atoms. The molecule has 0 spiro atoms. The molecule has 0 N–H and O–H groups in total. The molecule has 3 aromatic rings. The van der Waals surface area contributed by atoms with E-state index in [1.54, 1.807) is 19.1 Å². The van der Waals surface area contributed by atoms with E-state index in [1.807, 2.05) is 12.1 Å². The number of hydrogen-bond donors (Lipinski definition) is 0. The zero-order chi connectivity index (χ0) is 17.6. The van der Waals surface area contributed by atoms with Gasteiger partial charge in [0, 0.05) is 17.3 Å². The third-order valence-electron chi connectivity index (χ3n) is 4.42. The predicted molar refractivity (Wildman–Crippen MR) is 99.6 cm³/mol. The monoisotopic (exact) mass is 398 g/mol. The summed E-state index contributed by atoms with van der Waals surface area (Å²) in [6.07, 6.45) is 2.46. The normalized spacial score (nSPS) is 13.9. The maximum Gasteiger partial charge on any atom is 0.258 e. The van der Waals surface area contributed by atoms with E-state index < -0.39 is 0 Å². The Hall–Kier alpha value is -2.27. The molecule has 1 saturated carbocycles. The minimum atomic E-state index is -0.385. The SMILES string of the molecule is Cc1cc(=O)n(-c2ccc(C3CC3)cc2)c(-c2ccc(Br)c(F)c2)n1. The van der Waals surface area contributed by atoms with Crippen LogP contribution in [0, 0.1) is 12.7 Å². The van der Waals surface area contributed by atoms with Crippen LogP contribution in [0.1, 0.15) is 30.0 Å². The number of rotatable bonds is 3. The molecule has 0 radical (unpaired) electrons. The van der Waals surface area contributed by atoms with Gasteiger partial charge in [-0.1, -0.05) is 12.1 Å². The van der Waals surface area contributed by atoms with Crippen LogP contribution in [0.15, 0.2) is 57.8 Å². The van der Waals surface area contributed by atoms with E-state index in [4.69, 9.17) is 0 Å². The molecular weight excluding hydrogens is 383 g/mol. The highest BCUT2D eigenvalue weighted by Gasteiger charge is 2.23. The Bertz CT molecular complexity index is 1010. The summed E-state index contributed by atoms with van der Waals surface area (Å²) in [6, 6.07) is 14.3. The fraction of sp³-hybridized carbons (Fsp3) is 0.200. The molecule has 1 aliphatic rings. The van der Waals surface area contributed by atoms with E-state index in [0.29, 0.717) is 27.5 Å². The topological polar surface area (TPSA) is 34.9 Å². The number of hydrogen-bond acceptors (Lipinski definition) is 2. The fourth-order valence-electron chi connectivity index (χ4n) is 2.99. The molecule has 5 heteroatoms. The first-order chi connectivity index (χ1) is 12.0. The zero-order valence-corrected chi connectivity index (χ0v) is 15.3. The smallest absolute Gasteiger partial charge is 0.258 e. The van der Waals surface area contributed by atoms with Gasteiger partial charge in [-0.3, -0.25) is 9.36 Å². The van der Waals surface area contributed by atoms with E-state index in [-0.39, 0.29) is 11.4 Å². The largest absolute Gasteiger partial charge is 0.269 e. The third-order valence-corrected chi connectivity index (χ3v) is 5.07. The Morgan fingerprint density at radius 2 is 1.84 bits per heavy atom. The van der Waals surface area contributed by atoms with Crippen molar-refractivity contribution in [3.63, 3.8) is 0 Å². The Morgan fingerprint density at radius 3 is 2.48 bits per heavy atom. The minimum Gasteiger partial charge on any atom is -0.269 e. The van der Waals surface area contributed by atoms with Crippen molar-refractivity contribution in [3.05, 3.63) is 80.4 Å². The van der Waals surface area contributed by atoms with Gasteiger partial charge >= 0.3 is 0 Å². The lowest BCUT2D eigenvalue weighted by molar-refractivity contribution is 0.621. The quantitative estimate of drug-likeness (QED) is 0.622. The lowest BCUT2D eigenvalue weighted by Gasteiger charge is -2.14. The number of halogens is 2. The lowest BCUT2D eigenvalue weighted by Crippen LogP contribution is -2.21. The molecule has 0 saturated heterocycles. The molecule has 1 aromatic heterocycles. The number of nitrogens with zero attached hydrogens (tertiary/aromatic N) is 2. The number of aryl methyl sites for hydroxylation is 1. The van der Waals surface area contributed by atoms with Crippen molar-refractivity contribution in [3.8, 4) is 17.1 Å². The van der Waals surface area contributed by atoms with Crippen molar-refractivity contribution in [1.29, 1.82) is 0 Å². The average Bonchev–Trinajstić information content (AvgIpc) is 3.42. The summed E-state index contributed by atoms with van der Waals surface area (Å²) < 4.78 is 15.9. The van der Waals surface area contributed by atoms with Crippen molar-refractivity contribution in [1.82, 2.24) is 9.55 Å². The maximum atomic E-state index is 14.0. The van der Waals surface area contributed by atoms with Gasteiger partial charge in [-0.2, -0.15) is 0 Å². The minimum absolute atomic E-state index is 0.176. The van der Waals surface area contributed by atoms with E-state index >= 15 is 0 Å². The molecule has 3 nitrogen and oxygen atoms in total. The summed E-state index contributed by atoms with van der Waals surface area (Å²) in [5.74, 6) is 0.710. The second-order valence-electron chi connectivity index (χ2n) is 6.39.